The molecule has 0 radical (unpaired) electrons. The van der Waals surface area contributed by atoms with Crippen molar-refractivity contribution >= 4 is 33.2 Å². The molecule has 1 amide bonds. The van der Waals surface area contributed by atoms with E-state index in [4.69, 9.17) is 5.11 Å². The highest BCUT2D eigenvalue weighted by molar-refractivity contribution is 9.10. The van der Waals surface area contributed by atoms with E-state index >= 15 is 0 Å². The number of aliphatic hydroxyl groups is 1. The van der Waals surface area contributed by atoms with Crippen molar-refractivity contribution in [2.75, 3.05) is 11.9 Å². The van der Waals surface area contributed by atoms with Gasteiger partial charge in [-0.3, -0.25) is 14.9 Å². The van der Waals surface area contributed by atoms with Crippen molar-refractivity contribution in [3.05, 3.63) is 32.3 Å². The second kappa shape index (κ2) is 6.46. The van der Waals surface area contributed by atoms with Gasteiger partial charge in [-0.2, -0.15) is 0 Å². The van der Waals surface area contributed by atoms with Gasteiger partial charge in [0.25, 0.3) is 5.69 Å². The van der Waals surface area contributed by atoms with E-state index in [1.807, 2.05) is 0 Å². The largest absolute Gasteiger partial charge is 0.396 e. The Labute approximate surface area is 112 Å². The van der Waals surface area contributed by atoms with Crippen LogP contribution in [0.3, 0.4) is 0 Å². The van der Waals surface area contributed by atoms with Crippen LogP contribution in [0.15, 0.2) is 16.6 Å². The monoisotopic (exact) mass is 316 g/mol. The van der Waals surface area contributed by atoms with Gasteiger partial charge in [0.2, 0.25) is 5.91 Å². The van der Waals surface area contributed by atoms with E-state index in [0.29, 0.717) is 22.1 Å². The molecular formula is C11H13BrN2O4. The van der Waals surface area contributed by atoms with Gasteiger partial charge in [0.1, 0.15) is 0 Å². The van der Waals surface area contributed by atoms with E-state index in [0.717, 1.165) is 0 Å². The maximum atomic E-state index is 11.5. The fourth-order valence-electron chi connectivity index (χ4n) is 1.41. The predicted octanol–water partition coefficient (Wildman–Crippen LogP) is 2.38. The van der Waals surface area contributed by atoms with Crippen LogP contribution in [-0.2, 0) is 4.79 Å². The minimum Gasteiger partial charge on any atom is -0.396 e. The van der Waals surface area contributed by atoms with Crippen molar-refractivity contribution in [3.8, 4) is 0 Å². The Balaban J connectivity index is 2.92. The Bertz CT molecular complexity index is 476. The molecule has 2 N–H and O–H groups in total. The highest BCUT2D eigenvalue weighted by Crippen LogP contribution is 2.30. The number of carbonyl (C=O) groups is 1. The van der Waals surface area contributed by atoms with Crippen molar-refractivity contribution in [2.24, 2.45) is 0 Å². The molecule has 0 aliphatic heterocycles. The molecule has 18 heavy (non-hydrogen) atoms. The van der Waals surface area contributed by atoms with Crippen LogP contribution in [0.1, 0.15) is 18.4 Å². The molecule has 0 saturated heterocycles. The average molecular weight is 317 g/mol. The lowest BCUT2D eigenvalue weighted by atomic mass is 10.2. The van der Waals surface area contributed by atoms with Gasteiger partial charge in [-0.25, -0.2) is 0 Å². The second-order valence-corrected chi connectivity index (χ2v) is 4.61. The summed E-state index contributed by atoms with van der Waals surface area (Å²) in [5, 5.41) is 22.0. The zero-order chi connectivity index (χ0) is 13.7. The highest BCUT2D eigenvalue weighted by atomic mass is 79.9. The lowest BCUT2D eigenvalue weighted by Crippen LogP contribution is -2.12. The van der Waals surface area contributed by atoms with E-state index < -0.39 is 4.92 Å². The topological polar surface area (TPSA) is 92.5 Å². The van der Waals surface area contributed by atoms with Crippen LogP contribution >= 0.6 is 15.9 Å². The molecule has 98 valence electrons. The number of aliphatic hydroxyl groups excluding tert-OH is 1. The summed E-state index contributed by atoms with van der Waals surface area (Å²) in [6, 6.07) is 2.90. The van der Waals surface area contributed by atoms with E-state index in [2.05, 4.69) is 21.2 Å². The Hall–Kier alpha value is -1.47. The molecule has 0 unspecified atom stereocenters. The standard InChI is InChI=1S/C11H13BrN2O4/c1-7-5-8(12)9(6-10(7)14(17)18)13-11(16)3-2-4-15/h5-6,15H,2-4H2,1H3,(H,13,16). The summed E-state index contributed by atoms with van der Waals surface area (Å²) in [6.07, 6.45) is 0.530. The number of nitrogens with zero attached hydrogens (tertiary/aromatic N) is 1. The Morgan fingerprint density at radius 2 is 2.22 bits per heavy atom. The molecular weight excluding hydrogens is 304 g/mol. The third-order valence-corrected chi connectivity index (χ3v) is 2.97. The van der Waals surface area contributed by atoms with Crippen LogP contribution in [0.4, 0.5) is 11.4 Å². The molecule has 1 aromatic carbocycles. The first-order valence-corrected chi connectivity index (χ1v) is 6.10. The number of nitro groups is 1. The van der Waals surface area contributed by atoms with Gasteiger partial charge in [-0.05, 0) is 35.3 Å². The molecule has 1 rings (SSSR count). The van der Waals surface area contributed by atoms with Crippen LogP contribution in [0, 0.1) is 17.0 Å². The first-order valence-electron chi connectivity index (χ1n) is 5.31. The van der Waals surface area contributed by atoms with E-state index in [9.17, 15) is 14.9 Å². The summed E-state index contributed by atoms with van der Waals surface area (Å²) in [6.45, 7) is 1.56. The van der Waals surface area contributed by atoms with Crippen molar-refractivity contribution < 1.29 is 14.8 Å². The molecule has 0 aliphatic carbocycles. The lowest BCUT2D eigenvalue weighted by molar-refractivity contribution is -0.385. The summed E-state index contributed by atoms with van der Waals surface area (Å²) in [5.74, 6) is -0.289. The number of amides is 1. The maximum Gasteiger partial charge on any atom is 0.274 e. The van der Waals surface area contributed by atoms with Crippen LogP contribution in [0.2, 0.25) is 0 Å². The quantitative estimate of drug-likeness (QED) is 0.644. The van der Waals surface area contributed by atoms with Crippen molar-refractivity contribution in [3.63, 3.8) is 0 Å². The maximum absolute atomic E-state index is 11.5. The van der Waals surface area contributed by atoms with Crippen LogP contribution < -0.4 is 5.32 Å². The van der Waals surface area contributed by atoms with Crippen molar-refractivity contribution in [2.45, 2.75) is 19.8 Å². The summed E-state index contributed by atoms with van der Waals surface area (Å²) >= 11 is 3.24. The SMILES string of the molecule is Cc1cc(Br)c(NC(=O)CCCO)cc1[N+](=O)[O-]. The Kier molecular flexibility index (Phi) is 5.24. The van der Waals surface area contributed by atoms with Crippen LogP contribution in [-0.4, -0.2) is 22.5 Å². The van der Waals surface area contributed by atoms with Crippen molar-refractivity contribution in [1.82, 2.24) is 0 Å². The first-order chi connectivity index (χ1) is 8.45. The molecule has 0 bridgehead atoms. The Morgan fingerprint density at radius 1 is 1.56 bits per heavy atom. The molecule has 0 atom stereocenters. The van der Waals surface area contributed by atoms with Gasteiger partial charge in [0, 0.05) is 29.1 Å². The zero-order valence-electron chi connectivity index (χ0n) is 9.77. The minimum absolute atomic E-state index is 0.0457. The predicted molar refractivity (Wildman–Crippen MR) is 70.5 cm³/mol. The first kappa shape index (κ1) is 14.6. The number of anilines is 1. The molecule has 0 aliphatic rings. The van der Waals surface area contributed by atoms with Crippen LogP contribution in [0.25, 0.3) is 0 Å². The third-order valence-electron chi connectivity index (χ3n) is 2.32. The molecule has 0 heterocycles. The van der Waals surface area contributed by atoms with Gasteiger partial charge >= 0.3 is 0 Å². The number of hydrogen-bond acceptors (Lipinski definition) is 4. The van der Waals surface area contributed by atoms with Gasteiger partial charge in [-0.1, -0.05) is 0 Å². The molecule has 7 heteroatoms. The van der Waals surface area contributed by atoms with E-state index in [1.165, 1.54) is 6.07 Å². The second-order valence-electron chi connectivity index (χ2n) is 3.75. The number of carbonyl (C=O) groups excluding carboxylic acids is 1. The lowest BCUT2D eigenvalue weighted by Gasteiger charge is -2.08. The van der Waals surface area contributed by atoms with Gasteiger partial charge in [0.15, 0.2) is 0 Å². The normalized spacial score (nSPS) is 10.2. The summed E-state index contributed by atoms with van der Waals surface area (Å²) in [7, 11) is 0. The van der Waals surface area contributed by atoms with Crippen LogP contribution in [0.5, 0.6) is 0 Å². The summed E-state index contributed by atoms with van der Waals surface area (Å²) in [5.41, 5.74) is 0.825. The fourth-order valence-corrected chi connectivity index (χ4v) is 1.96. The minimum atomic E-state index is -0.495. The molecule has 0 fully saturated rings. The van der Waals surface area contributed by atoms with Gasteiger partial charge in [-0.15, -0.1) is 0 Å². The number of nitro benzene ring substituents is 1. The molecule has 0 saturated carbocycles. The number of rotatable bonds is 5. The summed E-state index contributed by atoms with van der Waals surface area (Å²) in [4.78, 5) is 21.8. The number of nitrogens with one attached hydrogen (secondary N) is 1. The molecule has 6 nitrogen and oxygen atoms in total. The smallest absolute Gasteiger partial charge is 0.274 e. The molecule has 0 spiro atoms. The third kappa shape index (κ3) is 3.78. The zero-order valence-corrected chi connectivity index (χ0v) is 11.4. The average Bonchev–Trinajstić information content (AvgIpc) is 2.29. The Morgan fingerprint density at radius 3 is 2.78 bits per heavy atom. The van der Waals surface area contributed by atoms with Crippen molar-refractivity contribution in [1.29, 1.82) is 0 Å². The molecule has 0 aromatic heterocycles. The van der Waals surface area contributed by atoms with Gasteiger partial charge < -0.3 is 10.4 Å². The molecule has 1 aromatic rings. The highest BCUT2D eigenvalue weighted by Gasteiger charge is 2.15. The number of aryl methyl sites for hydroxylation is 1. The number of halogens is 1. The van der Waals surface area contributed by atoms with Gasteiger partial charge in [0.05, 0.1) is 10.6 Å². The summed E-state index contributed by atoms with van der Waals surface area (Å²) < 4.78 is 0.586. The van der Waals surface area contributed by atoms with E-state index in [1.54, 1.807) is 13.0 Å². The fraction of sp³-hybridized carbons (Fsp3) is 0.364. The number of benzene rings is 1. The van der Waals surface area contributed by atoms with E-state index in [-0.39, 0.29) is 24.6 Å². The number of hydrogen-bond donors (Lipinski definition) is 2.